The number of amides is 1. The van der Waals surface area contributed by atoms with Crippen LogP contribution in [0.25, 0.3) is 0 Å². The van der Waals surface area contributed by atoms with Crippen molar-refractivity contribution in [3.8, 4) is 5.75 Å². The molecule has 5 nitrogen and oxygen atoms in total. The Morgan fingerprint density at radius 1 is 1.41 bits per heavy atom. The lowest BCUT2D eigenvalue weighted by Gasteiger charge is -2.20. The number of benzene rings is 1. The molecule has 1 atom stereocenters. The zero-order valence-electron chi connectivity index (χ0n) is 12.0. The minimum absolute atomic E-state index is 0.00301. The van der Waals surface area contributed by atoms with Gasteiger partial charge >= 0.3 is 0 Å². The molecule has 7 heteroatoms. The Balaban J connectivity index is 2.23. The lowest BCUT2D eigenvalue weighted by molar-refractivity contribution is -0.121. The van der Waals surface area contributed by atoms with Gasteiger partial charge in [0, 0.05) is 17.9 Å². The van der Waals surface area contributed by atoms with Crippen molar-refractivity contribution in [2.75, 3.05) is 13.2 Å². The number of aliphatic hydroxyl groups excluding tert-OH is 1. The summed E-state index contributed by atoms with van der Waals surface area (Å²) in [7, 11) is 0. The van der Waals surface area contributed by atoms with Crippen molar-refractivity contribution >= 4 is 11.6 Å². The standard InChI is InChI=1S/C15H16F2N2O3/c1-9-8-12(21)18-19-15(9)10-4-5-11(14(17)13(10)16)22-7-3-2-6-20/h2-5,9,20H,6-8H2,1H3,(H,18,21)/b3-2-. The maximum Gasteiger partial charge on any atom is 0.240 e. The molecule has 0 aliphatic carbocycles. The molecule has 0 radical (unpaired) electrons. The molecule has 1 aromatic rings. The van der Waals surface area contributed by atoms with Crippen LogP contribution in [-0.2, 0) is 4.79 Å². The number of nitrogens with one attached hydrogen (secondary N) is 1. The molecule has 1 aliphatic rings. The summed E-state index contributed by atoms with van der Waals surface area (Å²) in [4.78, 5) is 11.2. The number of hydrazone groups is 1. The number of carbonyl (C=O) groups is 1. The second-order valence-corrected chi connectivity index (χ2v) is 4.84. The summed E-state index contributed by atoms with van der Waals surface area (Å²) in [6, 6.07) is 2.68. The molecule has 2 rings (SSSR count). The molecule has 118 valence electrons. The summed E-state index contributed by atoms with van der Waals surface area (Å²) in [5.41, 5.74) is 2.56. The van der Waals surface area contributed by atoms with Gasteiger partial charge in [-0.3, -0.25) is 4.79 Å². The van der Waals surface area contributed by atoms with Crippen molar-refractivity contribution < 1.29 is 23.4 Å². The summed E-state index contributed by atoms with van der Waals surface area (Å²) in [6.45, 7) is 1.59. The summed E-state index contributed by atoms with van der Waals surface area (Å²) in [5, 5.41) is 12.4. The van der Waals surface area contributed by atoms with Crippen molar-refractivity contribution in [2.45, 2.75) is 13.3 Å². The average Bonchev–Trinajstić information content (AvgIpc) is 2.49. The first-order valence-electron chi connectivity index (χ1n) is 6.78. The Kier molecular flexibility index (Phi) is 5.21. The highest BCUT2D eigenvalue weighted by molar-refractivity contribution is 6.05. The third-order valence-electron chi connectivity index (χ3n) is 3.19. The first-order valence-corrected chi connectivity index (χ1v) is 6.78. The number of hydrogen-bond acceptors (Lipinski definition) is 4. The second-order valence-electron chi connectivity index (χ2n) is 4.84. The molecule has 1 aliphatic heterocycles. The zero-order chi connectivity index (χ0) is 16.1. The molecule has 0 spiro atoms. The predicted molar refractivity (Wildman–Crippen MR) is 76.5 cm³/mol. The molecule has 0 fully saturated rings. The zero-order valence-corrected chi connectivity index (χ0v) is 12.0. The smallest absolute Gasteiger partial charge is 0.240 e. The predicted octanol–water partition coefficient (Wildman–Crippen LogP) is 1.75. The van der Waals surface area contributed by atoms with Crippen LogP contribution < -0.4 is 10.2 Å². The molecule has 0 saturated carbocycles. The van der Waals surface area contributed by atoms with Crippen LogP contribution in [0.3, 0.4) is 0 Å². The number of aliphatic hydroxyl groups is 1. The van der Waals surface area contributed by atoms with Gasteiger partial charge in [0.15, 0.2) is 11.6 Å². The van der Waals surface area contributed by atoms with Crippen LogP contribution in [0.15, 0.2) is 29.4 Å². The molecular formula is C15H16F2N2O3. The van der Waals surface area contributed by atoms with E-state index in [1.165, 1.54) is 24.3 Å². The summed E-state index contributed by atoms with van der Waals surface area (Å²) < 4.78 is 33.3. The van der Waals surface area contributed by atoms with Crippen molar-refractivity contribution in [2.24, 2.45) is 11.0 Å². The van der Waals surface area contributed by atoms with Gasteiger partial charge in [0.05, 0.1) is 12.3 Å². The highest BCUT2D eigenvalue weighted by atomic mass is 19.2. The Morgan fingerprint density at radius 2 is 2.18 bits per heavy atom. The van der Waals surface area contributed by atoms with Crippen molar-refractivity contribution in [3.63, 3.8) is 0 Å². The van der Waals surface area contributed by atoms with Crippen LogP contribution in [0.2, 0.25) is 0 Å². The molecule has 1 amide bonds. The van der Waals surface area contributed by atoms with Crippen molar-refractivity contribution in [3.05, 3.63) is 41.5 Å². The fraction of sp³-hybridized carbons (Fsp3) is 0.333. The molecule has 0 bridgehead atoms. The topological polar surface area (TPSA) is 70.9 Å². The van der Waals surface area contributed by atoms with Crippen molar-refractivity contribution in [1.82, 2.24) is 5.43 Å². The highest BCUT2D eigenvalue weighted by Crippen LogP contribution is 2.26. The van der Waals surface area contributed by atoms with Crippen LogP contribution in [0.5, 0.6) is 5.75 Å². The second kappa shape index (κ2) is 7.13. The average molecular weight is 310 g/mol. The van der Waals surface area contributed by atoms with Gasteiger partial charge < -0.3 is 9.84 Å². The van der Waals surface area contributed by atoms with Crippen LogP contribution in [-0.4, -0.2) is 29.9 Å². The Bertz CT molecular complexity index is 629. The van der Waals surface area contributed by atoms with Gasteiger partial charge in [0.25, 0.3) is 0 Å². The molecule has 1 heterocycles. The van der Waals surface area contributed by atoms with Gasteiger partial charge in [-0.15, -0.1) is 0 Å². The fourth-order valence-corrected chi connectivity index (χ4v) is 2.10. The monoisotopic (exact) mass is 310 g/mol. The Hall–Kier alpha value is -2.28. The lowest BCUT2D eigenvalue weighted by atomic mass is 9.93. The lowest BCUT2D eigenvalue weighted by Crippen LogP contribution is -2.32. The number of hydrogen-bond donors (Lipinski definition) is 2. The first kappa shape index (κ1) is 16.1. The number of rotatable bonds is 5. The third-order valence-corrected chi connectivity index (χ3v) is 3.19. The van der Waals surface area contributed by atoms with E-state index in [0.717, 1.165) is 0 Å². The van der Waals surface area contributed by atoms with Crippen LogP contribution in [0, 0.1) is 17.6 Å². The van der Waals surface area contributed by atoms with Crippen LogP contribution >= 0.6 is 0 Å². The molecular weight excluding hydrogens is 294 g/mol. The van der Waals surface area contributed by atoms with Gasteiger partial charge in [-0.25, -0.2) is 9.82 Å². The summed E-state index contributed by atoms with van der Waals surface area (Å²) >= 11 is 0. The van der Waals surface area contributed by atoms with Crippen LogP contribution in [0.4, 0.5) is 8.78 Å². The normalized spacial score (nSPS) is 18.3. The molecule has 0 saturated heterocycles. The highest BCUT2D eigenvalue weighted by Gasteiger charge is 2.26. The van der Waals surface area contributed by atoms with E-state index in [2.05, 4.69) is 10.5 Å². The molecule has 2 N–H and O–H groups in total. The summed E-state index contributed by atoms with van der Waals surface area (Å²) in [6.07, 6.45) is 3.10. The number of halogens is 2. The molecule has 22 heavy (non-hydrogen) atoms. The third kappa shape index (κ3) is 3.48. The van der Waals surface area contributed by atoms with E-state index in [0.29, 0.717) is 5.71 Å². The minimum atomic E-state index is -1.11. The van der Waals surface area contributed by atoms with Gasteiger partial charge in [-0.05, 0) is 18.2 Å². The van der Waals surface area contributed by atoms with Crippen molar-refractivity contribution in [1.29, 1.82) is 0 Å². The van der Waals surface area contributed by atoms with E-state index < -0.39 is 11.6 Å². The van der Waals surface area contributed by atoms with E-state index in [9.17, 15) is 13.6 Å². The van der Waals surface area contributed by atoms with Gasteiger partial charge in [-0.2, -0.15) is 9.49 Å². The Morgan fingerprint density at radius 3 is 2.86 bits per heavy atom. The number of ether oxygens (including phenoxy) is 1. The van der Waals surface area contributed by atoms with E-state index in [1.807, 2.05) is 0 Å². The maximum absolute atomic E-state index is 14.2. The Labute approximate surface area is 126 Å². The van der Waals surface area contributed by atoms with E-state index in [1.54, 1.807) is 6.92 Å². The maximum atomic E-state index is 14.2. The molecule has 0 aromatic heterocycles. The van der Waals surface area contributed by atoms with E-state index >= 15 is 0 Å². The largest absolute Gasteiger partial charge is 0.486 e. The van der Waals surface area contributed by atoms with E-state index in [-0.39, 0.29) is 42.8 Å². The molecule has 1 aromatic carbocycles. The first-order chi connectivity index (χ1) is 10.5. The van der Waals surface area contributed by atoms with E-state index in [4.69, 9.17) is 9.84 Å². The quantitative estimate of drug-likeness (QED) is 0.814. The SMILES string of the molecule is CC1CC(=O)NN=C1c1ccc(OC/C=C\CO)c(F)c1F. The fourth-order valence-electron chi connectivity index (χ4n) is 2.10. The van der Waals surface area contributed by atoms with Crippen LogP contribution in [0.1, 0.15) is 18.9 Å². The summed E-state index contributed by atoms with van der Waals surface area (Å²) in [5.74, 6) is -2.96. The van der Waals surface area contributed by atoms with Gasteiger partial charge in [0.1, 0.15) is 6.61 Å². The molecule has 1 unspecified atom stereocenters. The number of carbonyl (C=O) groups excluding carboxylic acids is 1. The minimum Gasteiger partial charge on any atom is -0.486 e. The van der Waals surface area contributed by atoms with Gasteiger partial charge in [-0.1, -0.05) is 13.0 Å². The number of nitrogens with zero attached hydrogens (tertiary/aromatic N) is 1. The van der Waals surface area contributed by atoms with Gasteiger partial charge in [0.2, 0.25) is 11.7 Å².